The standard InChI is InChI=1S/C13H18O5/c14-9-1-5-11(6-2-9)17-13(16)18-12-7-3-10(15)4-8-12/h11-12H,1-8H2. The van der Waals surface area contributed by atoms with Gasteiger partial charge in [-0.25, -0.2) is 4.79 Å². The van der Waals surface area contributed by atoms with Gasteiger partial charge in [0.05, 0.1) is 0 Å². The van der Waals surface area contributed by atoms with Gasteiger partial charge in [0.2, 0.25) is 0 Å². The SMILES string of the molecule is O=C1CCC(OC(=O)OC2CCC(=O)CC2)CC1. The summed E-state index contributed by atoms with van der Waals surface area (Å²) < 4.78 is 10.3. The van der Waals surface area contributed by atoms with Gasteiger partial charge in [-0.2, -0.15) is 0 Å². The van der Waals surface area contributed by atoms with Crippen LogP contribution >= 0.6 is 0 Å². The quantitative estimate of drug-likeness (QED) is 0.706. The Morgan fingerprint density at radius 1 is 0.778 bits per heavy atom. The second-order valence-electron chi connectivity index (χ2n) is 4.96. The predicted molar refractivity (Wildman–Crippen MR) is 62.1 cm³/mol. The van der Waals surface area contributed by atoms with E-state index in [9.17, 15) is 14.4 Å². The lowest BCUT2D eigenvalue weighted by Crippen LogP contribution is -2.29. The Kier molecular flexibility index (Phi) is 4.33. The Labute approximate surface area is 106 Å². The Balaban J connectivity index is 1.68. The second-order valence-corrected chi connectivity index (χ2v) is 4.96. The topological polar surface area (TPSA) is 69.7 Å². The zero-order valence-electron chi connectivity index (χ0n) is 10.4. The van der Waals surface area contributed by atoms with Crippen LogP contribution in [0.1, 0.15) is 51.4 Å². The third-order valence-electron chi connectivity index (χ3n) is 3.51. The normalized spacial score (nSPS) is 22.9. The van der Waals surface area contributed by atoms with E-state index in [2.05, 4.69) is 0 Å². The summed E-state index contributed by atoms with van der Waals surface area (Å²) in [5.41, 5.74) is 0. The van der Waals surface area contributed by atoms with Gasteiger partial charge >= 0.3 is 6.16 Å². The third-order valence-corrected chi connectivity index (χ3v) is 3.51. The number of carbonyl (C=O) groups excluding carboxylic acids is 3. The maximum atomic E-state index is 11.5. The van der Waals surface area contributed by atoms with Crippen molar-refractivity contribution in [1.29, 1.82) is 0 Å². The molecule has 2 rings (SSSR count). The summed E-state index contributed by atoms with van der Waals surface area (Å²) >= 11 is 0. The molecule has 0 aliphatic heterocycles. The van der Waals surface area contributed by atoms with Gasteiger partial charge in [-0.05, 0) is 25.7 Å². The fourth-order valence-electron chi connectivity index (χ4n) is 2.36. The van der Waals surface area contributed by atoms with Crippen LogP contribution in [0.15, 0.2) is 0 Å². The molecule has 0 heterocycles. The molecular formula is C13H18O5. The van der Waals surface area contributed by atoms with E-state index in [1.807, 2.05) is 0 Å². The largest absolute Gasteiger partial charge is 0.508 e. The lowest BCUT2D eigenvalue weighted by molar-refractivity contribution is -0.123. The zero-order chi connectivity index (χ0) is 13.0. The number of ketones is 2. The second kappa shape index (κ2) is 5.98. The van der Waals surface area contributed by atoms with Gasteiger partial charge < -0.3 is 9.47 Å². The highest BCUT2D eigenvalue weighted by molar-refractivity contribution is 5.79. The van der Waals surface area contributed by atoms with Crippen molar-refractivity contribution in [3.8, 4) is 0 Å². The first-order valence-electron chi connectivity index (χ1n) is 6.54. The molecule has 0 spiro atoms. The summed E-state index contributed by atoms with van der Waals surface area (Å²) in [7, 11) is 0. The average Bonchev–Trinajstić information content (AvgIpc) is 2.35. The lowest BCUT2D eigenvalue weighted by atomic mass is 9.96. The van der Waals surface area contributed by atoms with Gasteiger partial charge in [-0.3, -0.25) is 9.59 Å². The molecule has 5 nitrogen and oxygen atoms in total. The highest BCUT2D eigenvalue weighted by atomic mass is 16.7. The van der Waals surface area contributed by atoms with E-state index >= 15 is 0 Å². The van der Waals surface area contributed by atoms with Crippen LogP contribution < -0.4 is 0 Å². The fourth-order valence-corrected chi connectivity index (χ4v) is 2.36. The van der Waals surface area contributed by atoms with E-state index in [1.54, 1.807) is 0 Å². The Hall–Kier alpha value is -1.39. The van der Waals surface area contributed by atoms with E-state index in [0.29, 0.717) is 51.4 Å². The molecule has 0 atom stereocenters. The van der Waals surface area contributed by atoms with Gasteiger partial charge in [0.15, 0.2) is 0 Å². The minimum Gasteiger partial charge on any atom is -0.431 e. The van der Waals surface area contributed by atoms with Crippen LogP contribution in [0, 0.1) is 0 Å². The van der Waals surface area contributed by atoms with Crippen LogP contribution in [0.5, 0.6) is 0 Å². The highest BCUT2D eigenvalue weighted by Gasteiger charge is 2.26. The molecule has 0 bridgehead atoms. The Morgan fingerprint density at radius 2 is 1.11 bits per heavy atom. The van der Waals surface area contributed by atoms with Gasteiger partial charge in [0.1, 0.15) is 23.8 Å². The van der Waals surface area contributed by atoms with E-state index in [1.165, 1.54) is 0 Å². The molecule has 2 aliphatic rings. The van der Waals surface area contributed by atoms with Gasteiger partial charge in [0.25, 0.3) is 0 Å². The highest BCUT2D eigenvalue weighted by Crippen LogP contribution is 2.21. The van der Waals surface area contributed by atoms with Crippen molar-refractivity contribution in [1.82, 2.24) is 0 Å². The maximum absolute atomic E-state index is 11.5. The van der Waals surface area contributed by atoms with Crippen molar-refractivity contribution in [2.45, 2.75) is 63.6 Å². The van der Waals surface area contributed by atoms with Crippen molar-refractivity contribution < 1.29 is 23.9 Å². The summed E-state index contributed by atoms with van der Waals surface area (Å²) in [5, 5.41) is 0. The van der Waals surface area contributed by atoms with Crippen LogP contribution in [0.25, 0.3) is 0 Å². The van der Waals surface area contributed by atoms with Crippen molar-refractivity contribution >= 4 is 17.7 Å². The molecule has 0 radical (unpaired) electrons. The summed E-state index contributed by atoms with van der Waals surface area (Å²) in [6.45, 7) is 0. The minimum atomic E-state index is -0.659. The molecule has 0 saturated heterocycles. The van der Waals surface area contributed by atoms with Crippen LogP contribution in [0.2, 0.25) is 0 Å². The van der Waals surface area contributed by atoms with E-state index in [-0.39, 0.29) is 23.8 Å². The lowest BCUT2D eigenvalue weighted by Gasteiger charge is -2.24. The number of ether oxygens (including phenoxy) is 2. The van der Waals surface area contributed by atoms with E-state index < -0.39 is 6.16 Å². The van der Waals surface area contributed by atoms with Crippen molar-refractivity contribution in [3.63, 3.8) is 0 Å². The molecule has 18 heavy (non-hydrogen) atoms. The van der Waals surface area contributed by atoms with Crippen LogP contribution in [0.4, 0.5) is 4.79 Å². The monoisotopic (exact) mass is 254 g/mol. The van der Waals surface area contributed by atoms with Crippen LogP contribution in [-0.4, -0.2) is 29.9 Å². The van der Waals surface area contributed by atoms with Crippen molar-refractivity contribution in [2.24, 2.45) is 0 Å². The number of hydrogen-bond acceptors (Lipinski definition) is 5. The molecule has 0 aromatic heterocycles. The number of rotatable bonds is 2. The van der Waals surface area contributed by atoms with Gasteiger partial charge in [-0.15, -0.1) is 0 Å². The summed E-state index contributed by atoms with van der Waals surface area (Å²) in [5.74, 6) is 0.461. The summed E-state index contributed by atoms with van der Waals surface area (Å²) in [6.07, 6.45) is 3.26. The number of hydrogen-bond donors (Lipinski definition) is 0. The molecule has 2 saturated carbocycles. The molecule has 0 N–H and O–H groups in total. The summed E-state index contributed by atoms with van der Waals surface area (Å²) in [6, 6.07) is 0. The smallest absolute Gasteiger partial charge is 0.431 e. The zero-order valence-corrected chi connectivity index (χ0v) is 10.4. The minimum absolute atomic E-state index is 0.194. The van der Waals surface area contributed by atoms with E-state index in [0.717, 1.165) is 0 Å². The van der Waals surface area contributed by atoms with Gasteiger partial charge in [0, 0.05) is 25.7 Å². The Bertz CT molecular complexity index is 297. The van der Waals surface area contributed by atoms with Crippen molar-refractivity contribution in [2.75, 3.05) is 0 Å². The first-order valence-corrected chi connectivity index (χ1v) is 6.54. The third kappa shape index (κ3) is 3.82. The molecule has 0 aromatic rings. The van der Waals surface area contributed by atoms with Crippen molar-refractivity contribution in [3.05, 3.63) is 0 Å². The number of carbonyl (C=O) groups is 3. The molecule has 0 amide bonds. The van der Waals surface area contributed by atoms with Crippen LogP contribution in [-0.2, 0) is 19.1 Å². The molecule has 2 fully saturated rings. The van der Waals surface area contributed by atoms with Crippen LogP contribution in [0.3, 0.4) is 0 Å². The first-order chi connectivity index (χ1) is 8.63. The molecular weight excluding hydrogens is 236 g/mol. The molecule has 0 aromatic carbocycles. The van der Waals surface area contributed by atoms with Gasteiger partial charge in [-0.1, -0.05) is 0 Å². The molecule has 2 aliphatic carbocycles. The first kappa shape index (κ1) is 13.1. The maximum Gasteiger partial charge on any atom is 0.508 e. The Morgan fingerprint density at radius 3 is 1.44 bits per heavy atom. The molecule has 5 heteroatoms. The summed E-state index contributed by atoms with van der Waals surface area (Å²) in [4.78, 5) is 33.6. The van der Waals surface area contributed by atoms with E-state index in [4.69, 9.17) is 9.47 Å². The predicted octanol–water partition coefficient (Wildman–Crippen LogP) is 2.16. The fraction of sp³-hybridized carbons (Fsp3) is 0.769. The average molecular weight is 254 g/mol. The number of Topliss-reactive ketones (excluding diaryl/α,β-unsaturated/α-hetero) is 2. The molecule has 0 unspecified atom stereocenters. The molecule has 100 valence electrons.